The predicted octanol–water partition coefficient (Wildman–Crippen LogP) is 3.01. The van der Waals surface area contributed by atoms with Crippen LogP contribution in [-0.2, 0) is 24.8 Å². The third-order valence-corrected chi connectivity index (χ3v) is 4.58. The van der Waals surface area contributed by atoms with Crippen molar-refractivity contribution < 1.29 is 9.18 Å². The minimum Gasteiger partial charge on any atom is -0.309 e. The van der Waals surface area contributed by atoms with Crippen LogP contribution >= 0.6 is 0 Å². The molecule has 0 aliphatic heterocycles. The van der Waals surface area contributed by atoms with Gasteiger partial charge in [0.25, 0.3) is 0 Å². The van der Waals surface area contributed by atoms with Gasteiger partial charge in [0.1, 0.15) is 11.9 Å². The van der Waals surface area contributed by atoms with Crippen LogP contribution in [0.1, 0.15) is 16.7 Å². The molecule has 0 saturated heterocycles. The van der Waals surface area contributed by atoms with Crippen LogP contribution in [-0.4, -0.2) is 25.5 Å². The number of fused-ring (bicyclic) bond motifs is 1. The lowest BCUT2D eigenvalue weighted by Crippen LogP contribution is -2.15. The van der Waals surface area contributed by atoms with Gasteiger partial charge in [0.2, 0.25) is 5.91 Å². The fourth-order valence-electron chi connectivity index (χ4n) is 3.12. The first-order valence-electron chi connectivity index (χ1n) is 8.94. The number of halogens is 1. The highest BCUT2D eigenvalue weighted by Crippen LogP contribution is 2.16. The summed E-state index contributed by atoms with van der Waals surface area (Å²) in [5.41, 5.74) is 2.53. The second-order valence-corrected chi connectivity index (χ2v) is 6.71. The molecule has 0 saturated carbocycles. The van der Waals surface area contributed by atoms with E-state index in [0.29, 0.717) is 17.9 Å². The van der Waals surface area contributed by atoms with Gasteiger partial charge in [-0.3, -0.25) is 14.2 Å². The second-order valence-electron chi connectivity index (χ2n) is 6.71. The normalized spacial score (nSPS) is 10.8. The molecule has 2 aromatic heterocycles. The summed E-state index contributed by atoms with van der Waals surface area (Å²) in [6.07, 6.45) is 3.70. The molecule has 0 aliphatic carbocycles. The van der Waals surface area contributed by atoms with Crippen LogP contribution in [0.4, 0.5) is 10.2 Å². The van der Waals surface area contributed by atoms with Crippen LogP contribution in [0.25, 0.3) is 10.9 Å². The van der Waals surface area contributed by atoms with E-state index in [-0.39, 0.29) is 17.9 Å². The van der Waals surface area contributed by atoms with E-state index in [9.17, 15) is 9.18 Å². The summed E-state index contributed by atoms with van der Waals surface area (Å²) >= 11 is 0. The van der Waals surface area contributed by atoms with Crippen LogP contribution < -0.4 is 5.32 Å². The molecule has 0 unspecified atom stereocenters. The van der Waals surface area contributed by atoms with Gasteiger partial charge in [-0.05, 0) is 29.3 Å². The van der Waals surface area contributed by atoms with Gasteiger partial charge in [0.15, 0.2) is 5.82 Å². The number of anilines is 1. The highest BCUT2D eigenvalue weighted by Gasteiger charge is 2.09. The first-order valence-corrected chi connectivity index (χ1v) is 8.94. The highest BCUT2D eigenvalue weighted by molar-refractivity contribution is 5.92. The maximum atomic E-state index is 13.7. The number of aryl methyl sites for hydroxylation is 1. The largest absolute Gasteiger partial charge is 0.309 e. The Morgan fingerprint density at radius 3 is 2.83 bits per heavy atom. The lowest BCUT2D eigenvalue weighted by atomic mass is 10.1. The number of amides is 1. The van der Waals surface area contributed by atoms with E-state index in [4.69, 9.17) is 5.26 Å². The number of nitrogens with zero attached hydrogens (tertiary/aromatic N) is 5. The molecule has 2 heterocycles. The molecule has 4 aromatic rings. The molecule has 1 N–H and O–H groups in total. The lowest BCUT2D eigenvalue weighted by molar-refractivity contribution is -0.115. The molecule has 2 aromatic carbocycles. The molecule has 0 fully saturated rings. The average Bonchev–Trinajstić information content (AvgIpc) is 3.28. The molecule has 144 valence electrons. The number of benzene rings is 2. The van der Waals surface area contributed by atoms with E-state index in [1.807, 2.05) is 25.2 Å². The third-order valence-electron chi connectivity index (χ3n) is 4.58. The number of carbonyl (C=O) groups excluding carboxylic acids is 1. The van der Waals surface area contributed by atoms with Crippen molar-refractivity contribution in [2.24, 2.45) is 7.05 Å². The quantitative estimate of drug-likeness (QED) is 0.569. The van der Waals surface area contributed by atoms with Crippen LogP contribution in [0.5, 0.6) is 0 Å². The second kappa shape index (κ2) is 7.56. The van der Waals surface area contributed by atoms with Gasteiger partial charge in [0, 0.05) is 24.7 Å². The third kappa shape index (κ3) is 3.99. The molecule has 0 spiro atoms. The van der Waals surface area contributed by atoms with Crippen molar-refractivity contribution in [1.29, 1.82) is 5.26 Å². The first-order chi connectivity index (χ1) is 14.0. The number of hydrogen-bond acceptors (Lipinski definition) is 4. The van der Waals surface area contributed by atoms with Gasteiger partial charge in [0.05, 0.1) is 30.2 Å². The molecule has 0 bridgehead atoms. The van der Waals surface area contributed by atoms with Gasteiger partial charge in [-0.2, -0.15) is 15.5 Å². The first kappa shape index (κ1) is 18.4. The molecular weight excluding hydrogens is 371 g/mol. The summed E-state index contributed by atoms with van der Waals surface area (Å²) in [6.45, 7) is 0.329. The van der Waals surface area contributed by atoms with Gasteiger partial charge in [-0.25, -0.2) is 4.39 Å². The Kier molecular flexibility index (Phi) is 4.79. The molecule has 1 amide bonds. The van der Waals surface area contributed by atoms with Gasteiger partial charge in [-0.1, -0.05) is 18.2 Å². The fourth-order valence-corrected chi connectivity index (χ4v) is 3.12. The molecule has 29 heavy (non-hydrogen) atoms. The van der Waals surface area contributed by atoms with Crippen LogP contribution in [0.3, 0.4) is 0 Å². The number of nitriles is 1. The average molecular weight is 388 g/mol. The summed E-state index contributed by atoms with van der Waals surface area (Å²) in [4.78, 5) is 12.4. The number of aromatic nitrogens is 4. The van der Waals surface area contributed by atoms with E-state index < -0.39 is 5.82 Å². The van der Waals surface area contributed by atoms with Gasteiger partial charge < -0.3 is 5.32 Å². The maximum absolute atomic E-state index is 13.7. The van der Waals surface area contributed by atoms with Crippen LogP contribution in [0, 0.1) is 17.1 Å². The van der Waals surface area contributed by atoms with Gasteiger partial charge >= 0.3 is 0 Å². The smallest absolute Gasteiger partial charge is 0.229 e. The molecule has 8 heteroatoms. The monoisotopic (exact) mass is 388 g/mol. The van der Waals surface area contributed by atoms with Crippen LogP contribution in [0.2, 0.25) is 0 Å². The Morgan fingerprint density at radius 2 is 2.03 bits per heavy atom. The SMILES string of the molecule is Cn1ncc2ccc(CC(=O)Nc3ccn(Cc4ccc(C#N)c(F)c4)n3)cc21. The maximum Gasteiger partial charge on any atom is 0.229 e. The van der Waals surface area contributed by atoms with E-state index in [0.717, 1.165) is 16.5 Å². The minimum atomic E-state index is -0.559. The van der Waals surface area contributed by atoms with E-state index in [2.05, 4.69) is 15.5 Å². The summed E-state index contributed by atoms with van der Waals surface area (Å²) in [7, 11) is 1.86. The minimum absolute atomic E-state index is 0.00600. The number of nitrogens with one attached hydrogen (secondary N) is 1. The van der Waals surface area contributed by atoms with Crippen molar-refractivity contribution in [1.82, 2.24) is 19.6 Å². The zero-order chi connectivity index (χ0) is 20.4. The topological polar surface area (TPSA) is 88.5 Å². The van der Waals surface area contributed by atoms with Crippen molar-refractivity contribution in [3.05, 3.63) is 77.4 Å². The molecule has 0 atom stereocenters. The van der Waals surface area contributed by atoms with Crippen molar-refractivity contribution in [2.45, 2.75) is 13.0 Å². The summed E-state index contributed by atoms with van der Waals surface area (Å²) in [5.74, 6) is -0.317. The zero-order valence-electron chi connectivity index (χ0n) is 15.6. The number of carbonyl (C=O) groups is 1. The molecular formula is C21H17FN6O. The zero-order valence-corrected chi connectivity index (χ0v) is 15.6. The Balaban J connectivity index is 1.40. The Hall–Kier alpha value is -3.99. The Labute approximate surface area is 166 Å². The predicted molar refractivity (Wildman–Crippen MR) is 105 cm³/mol. The molecule has 7 nitrogen and oxygen atoms in total. The van der Waals surface area contributed by atoms with Crippen molar-refractivity contribution in [2.75, 3.05) is 5.32 Å². The van der Waals surface area contributed by atoms with Gasteiger partial charge in [-0.15, -0.1) is 0 Å². The highest BCUT2D eigenvalue weighted by atomic mass is 19.1. The number of rotatable bonds is 5. The number of hydrogen-bond donors (Lipinski definition) is 1. The van der Waals surface area contributed by atoms with E-state index in [1.165, 1.54) is 12.1 Å². The summed E-state index contributed by atoms with van der Waals surface area (Å²) in [5, 5.41) is 21.1. The van der Waals surface area contributed by atoms with Crippen LogP contribution in [0.15, 0.2) is 54.9 Å². The van der Waals surface area contributed by atoms with E-state index in [1.54, 1.807) is 40.0 Å². The van der Waals surface area contributed by atoms with E-state index >= 15 is 0 Å². The fraction of sp³-hybridized carbons (Fsp3) is 0.143. The molecule has 4 rings (SSSR count). The van der Waals surface area contributed by atoms with Crippen molar-refractivity contribution >= 4 is 22.6 Å². The lowest BCUT2D eigenvalue weighted by Gasteiger charge is -2.05. The van der Waals surface area contributed by atoms with Crippen molar-refractivity contribution in [3.63, 3.8) is 0 Å². The van der Waals surface area contributed by atoms with Crippen molar-refractivity contribution in [3.8, 4) is 6.07 Å². The molecule has 0 radical (unpaired) electrons. The standard InChI is InChI=1S/C21H17FN6O/c1-27-19-9-14(2-5-17(19)12-24-27)10-21(29)25-20-6-7-28(26-20)13-15-3-4-16(11-23)18(22)8-15/h2-9,12H,10,13H2,1H3,(H,25,26,29). The Morgan fingerprint density at radius 1 is 1.21 bits per heavy atom. The summed E-state index contributed by atoms with van der Waals surface area (Å²) < 4.78 is 17.1. The Bertz CT molecular complexity index is 1250. The summed E-state index contributed by atoms with van der Waals surface area (Å²) in [6, 6.07) is 13.7. The molecule has 0 aliphatic rings.